The van der Waals surface area contributed by atoms with Crippen LogP contribution in [0.25, 0.3) is 0 Å². The molecule has 1 aromatic heterocycles. The maximum Gasteiger partial charge on any atom is 0.335 e. The Kier molecular flexibility index (Phi) is 4.00. The normalized spacial score (nSPS) is 10.3. The predicted octanol–water partition coefficient (Wildman–Crippen LogP) is 3.03. The van der Waals surface area contributed by atoms with Crippen molar-refractivity contribution in [2.24, 2.45) is 0 Å². The Hall–Kier alpha value is -1.37. The van der Waals surface area contributed by atoms with E-state index < -0.39 is 5.97 Å². The van der Waals surface area contributed by atoms with Gasteiger partial charge in [-0.1, -0.05) is 0 Å². The zero-order chi connectivity index (χ0) is 13.1. The molecule has 2 aromatic rings. The monoisotopic (exact) mass is 301 g/mol. The average molecular weight is 302 g/mol. The highest BCUT2D eigenvalue weighted by Gasteiger charge is 2.07. The molecule has 0 saturated carbocycles. The second-order valence-electron chi connectivity index (χ2n) is 3.09. The molecule has 1 heterocycles. The van der Waals surface area contributed by atoms with E-state index in [0.29, 0.717) is 5.16 Å². The van der Waals surface area contributed by atoms with Crippen molar-refractivity contribution in [3.05, 3.63) is 40.4 Å². The minimum atomic E-state index is -0.974. The van der Waals surface area contributed by atoms with Gasteiger partial charge in [0.25, 0.3) is 0 Å². The fourth-order valence-corrected chi connectivity index (χ4v) is 2.34. The number of hydrogen-bond donors (Lipinski definition) is 1. The molecule has 18 heavy (non-hydrogen) atoms. The number of hydrogen-bond acceptors (Lipinski definition) is 5. The molecule has 0 amide bonds. The van der Waals surface area contributed by atoms with Crippen LogP contribution in [0.15, 0.2) is 34.3 Å². The number of carbonyl (C=O) groups is 1. The van der Waals surface area contributed by atoms with Gasteiger partial charge in [0.05, 0.1) is 5.56 Å². The van der Waals surface area contributed by atoms with Crippen LogP contribution in [0.2, 0.25) is 10.6 Å². The molecular weight excluding hydrogens is 297 g/mol. The lowest BCUT2D eigenvalue weighted by Crippen LogP contribution is -1.95. The molecule has 1 N–H and O–H groups in total. The minimum Gasteiger partial charge on any atom is -0.478 e. The van der Waals surface area contributed by atoms with Crippen molar-refractivity contribution in [1.29, 1.82) is 0 Å². The zero-order valence-electron chi connectivity index (χ0n) is 8.67. The number of carboxylic acids is 1. The van der Waals surface area contributed by atoms with Crippen molar-refractivity contribution in [2.75, 3.05) is 0 Å². The minimum absolute atomic E-state index is 0.0136. The van der Waals surface area contributed by atoms with Crippen molar-refractivity contribution < 1.29 is 9.90 Å². The van der Waals surface area contributed by atoms with Gasteiger partial charge in [-0.2, -0.15) is 15.0 Å². The van der Waals surface area contributed by atoms with Crippen molar-refractivity contribution >= 4 is 40.9 Å². The molecule has 2 rings (SSSR count). The smallest absolute Gasteiger partial charge is 0.335 e. The molecule has 0 saturated heterocycles. The lowest BCUT2D eigenvalue weighted by Gasteiger charge is -2.01. The van der Waals surface area contributed by atoms with E-state index in [4.69, 9.17) is 28.3 Å². The van der Waals surface area contributed by atoms with Gasteiger partial charge in [0.1, 0.15) is 0 Å². The van der Waals surface area contributed by atoms with Crippen molar-refractivity contribution in [2.45, 2.75) is 10.1 Å². The van der Waals surface area contributed by atoms with Crippen LogP contribution in [0.4, 0.5) is 0 Å². The summed E-state index contributed by atoms with van der Waals surface area (Å²) in [5.41, 5.74) is 0.214. The van der Waals surface area contributed by atoms with Crippen LogP contribution in [0, 0.1) is 0 Å². The standard InChI is InChI=1S/C10H5Cl2N3O2S/c11-8-13-9(12)15-10(14-8)18-6-3-1-5(2-4-6)7(16)17/h1-4H,(H,16,17). The highest BCUT2D eigenvalue weighted by Crippen LogP contribution is 2.26. The fraction of sp³-hybridized carbons (Fsp3) is 0. The Morgan fingerprint density at radius 2 is 1.61 bits per heavy atom. The molecule has 0 aliphatic heterocycles. The van der Waals surface area contributed by atoms with E-state index in [0.717, 1.165) is 4.90 Å². The largest absolute Gasteiger partial charge is 0.478 e. The first-order chi connectivity index (χ1) is 8.54. The summed E-state index contributed by atoms with van der Waals surface area (Å²) in [4.78, 5) is 22.9. The lowest BCUT2D eigenvalue weighted by molar-refractivity contribution is 0.0697. The molecule has 0 aliphatic rings. The van der Waals surface area contributed by atoms with Crippen molar-refractivity contribution in [1.82, 2.24) is 15.0 Å². The van der Waals surface area contributed by atoms with E-state index in [1.54, 1.807) is 12.1 Å². The van der Waals surface area contributed by atoms with Crippen LogP contribution in [0.1, 0.15) is 10.4 Å². The Balaban J connectivity index is 2.20. The lowest BCUT2D eigenvalue weighted by atomic mass is 10.2. The molecule has 0 unspecified atom stereocenters. The third-order valence-electron chi connectivity index (χ3n) is 1.87. The highest BCUT2D eigenvalue weighted by atomic mass is 35.5. The van der Waals surface area contributed by atoms with E-state index in [1.165, 1.54) is 23.9 Å². The Morgan fingerprint density at radius 3 is 2.11 bits per heavy atom. The van der Waals surface area contributed by atoms with Crippen LogP contribution < -0.4 is 0 Å². The molecular formula is C10H5Cl2N3O2S. The van der Waals surface area contributed by atoms with Gasteiger partial charge in [-0.15, -0.1) is 0 Å². The summed E-state index contributed by atoms with van der Waals surface area (Å²) >= 11 is 12.5. The number of rotatable bonds is 3. The summed E-state index contributed by atoms with van der Waals surface area (Å²) < 4.78 is 0. The molecule has 0 bridgehead atoms. The van der Waals surface area contributed by atoms with Gasteiger partial charge in [0.15, 0.2) is 5.16 Å². The molecule has 92 valence electrons. The van der Waals surface area contributed by atoms with Gasteiger partial charge in [0, 0.05) is 4.90 Å². The molecule has 5 nitrogen and oxygen atoms in total. The van der Waals surface area contributed by atoms with E-state index >= 15 is 0 Å². The zero-order valence-corrected chi connectivity index (χ0v) is 11.0. The third kappa shape index (κ3) is 3.32. The Morgan fingerprint density at radius 1 is 1.06 bits per heavy atom. The third-order valence-corrected chi connectivity index (χ3v) is 3.08. The first-order valence-corrected chi connectivity index (χ1v) is 6.20. The summed E-state index contributed by atoms with van der Waals surface area (Å²) in [5.74, 6) is -0.974. The number of aromatic carboxylic acids is 1. The SMILES string of the molecule is O=C(O)c1ccc(Sc2nc(Cl)nc(Cl)n2)cc1. The summed E-state index contributed by atoms with van der Waals surface area (Å²) in [5, 5.41) is 9.14. The van der Waals surface area contributed by atoms with Gasteiger partial charge < -0.3 is 5.11 Å². The number of nitrogens with zero attached hydrogens (tertiary/aromatic N) is 3. The maximum absolute atomic E-state index is 10.7. The summed E-state index contributed by atoms with van der Waals surface area (Å²) in [6.07, 6.45) is 0. The van der Waals surface area contributed by atoms with Crippen LogP contribution >= 0.6 is 35.0 Å². The van der Waals surface area contributed by atoms with E-state index in [2.05, 4.69) is 15.0 Å². The fourth-order valence-electron chi connectivity index (χ4n) is 1.13. The second-order valence-corrected chi connectivity index (χ2v) is 4.80. The molecule has 8 heteroatoms. The molecule has 1 aromatic carbocycles. The number of halogens is 2. The topological polar surface area (TPSA) is 76.0 Å². The Labute approximate surface area is 116 Å². The van der Waals surface area contributed by atoms with E-state index in [9.17, 15) is 4.79 Å². The number of benzene rings is 1. The second kappa shape index (κ2) is 5.51. The highest BCUT2D eigenvalue weighted by molar-refractivity contribution is 7.99. The van der Waals surface area contributed by atoms with Crippen LogP contribution in [0.5, 0.6) is 0 Å². The molecule has 0 atom stereocenters. The van der Waals surface area contributed by atoms with E-state index in [1.807, 2.05) is 0 Å². The first kappa shape index (κ1) is 13.1. The molecule has 0 radical (unpaired) electrons. The van der Waals surface area contributed by atoms with Gasteiger partial charge in [-0.3, -0.25) is 0 Å². The average Bonchev–Trinajstić information content (AvgIpc) is 2.28. The number of carboxylic acid groups (broad SMARTS) is 1. The van der Waals surface area contributed by atoms with Gasteiger partial charge >= 0.3 is 5.97 Å². The van der Waals surface area contributed by atoms with Crippen LogP contribution in [0.3, 0.4) is 0 Å². The van der Waals surface area contributed by atoms with Crippen LogP contribution in [-0.4, -0.2) is 26.0 Å². The van der Waals surface area contributed by atoms with Gasteiger partial charge in [-0.05, 0) is 59.2 Å². The molecule has 0 aliphatic carbocycles. The van der Waals surface area contributed by atoms with Crippen molar-refractivity contribution in [3.8, 4) is 0 Å². The van der Waals surface area contributed by atoms with Crippen LogP contribution in [-0.2, 0) is 0 Å². The first-order valence-electron chi connectivity index (χ1n) is 4.63. The summed E-state index contributed by atoms with van der Waals surface area (Å²) in [7, 11) is 0. The maximum atomic E-state index is 10.7. The van der Waals surface area contributed by atoms with E-state index in [-0.39, 0.29) is 16.1 Å². The summed E-state index contributed by atoms with van der Waals surface area (Å²) in [6, 6.07) is 6.30. The quantitative estimate of drug-likeness (QED) is 0.939. The van der Waals surface area contributed by atoms with Gasteiger partial charge in [-0.25, -0.2) is 4.79 Å². The number of aromatic nitrogens is 3. The Bertz CT molecular complexity index is 572. The van der Waals surface area contributed by atoms with Crippen molar-refractivity contribution in [3.63, 3.8) is 0 Å². The van der Waals surface area contributed by atoms with Gasteiger partial charge in [0.2, 0.25) is 10.6 Å². The summed E-state index contributed by atoms with van der Waals surface area (Å²) in [6.45, 7) is 0. The predicted molar refractivity (Wildman–Crippen MR) is 67.4 cm³/mol. The molecule has 0 fully saturated rings. The molecule has 0 spiro atoms.